The van der Waals surface area contributed by atoms with E-state index in [2.05, 4.69) is 20.8 Å². The zero-order valence-electron chi connectivity index (χ0n) is 9.34. The molecule has 0 aliphatic heterocycles. The van der Waals surface area contributed by atoms with Crippen LogP contribution in [-0.2, 0) is 19.7 Å². The largest absolute Gasteiger partial charge is 0.496 e. The molecule has 0 unspecified atom stereocenters. The Hall–Kier alpha value is -1.16. The van der Waals surface area contributed by atoms with Gasteiger partial charge in [-0.2, -0.15) is 0 Å². The minimum absolute atomic E-state index is 0.0420. The summed E-state index contributed by atoms with van der Waals surface area (Å²) in [7, 11) is -2.41. The number of primary amides is 1. The zero-order chi connectivity index (χ0) is 13.8. The van der Waals surface area contributed by atoms with Crippen molar-refractivity contribution in [3.8, 4) is 5.75 Å². The summed E-state index contributed by atoms with van der Waals surface area (Å²) < 4.78 is 28.9. The van der Waals surface area contributed by atoms with Crippen molar-refractivity contribution >= 4 is 31.9 Å². The summed E-state index contributed by atoms with van der Waals surface area (Å²) in [5, 5.41) is 0. The Balaban J connectivity index is 2.85. The van der Waals surface area contributed by atoms with Gasteiger partial charge in [0.05, 0.1) is 16.5 Å². The molecule has 1 aromatic carbocycles. The smallest absolute Gasteiger partial charge is 0.262 e. The number of hydrogen-bond acceptors (Lipinski definition) is 5. The predicted molar refractivity (Wildman–Crippen MR) is 66.2 cm³/mol. The minimum atomic E-state index is -3.87. The van der Waals surface area contributed by atoms with Crippen LogP contribution in [0.25, 0.3) is 0 Å². The number of sulfonamides is 1. The molecule has 0 atom stereocenters. The Morgan fingerprint density at radius 1 is 1.50 bits per heavy atom. The van der Waals surface area contributed by atoms with E-state index in [1.165, 1.54) is 25.3 Å². The Labute approximate surface area is 112 Å². The highest BCUT2D eigenvalue weighted by Crippen LogP contribution is 2.27. The standard InChI is InChI=1S/C9H11BrN2O5S/c1-16-8-3-2-6(4-7(8)10)18(14,15)12-17-5-9(11)13/h2-4,12H,5H2,1H3,(H2,11,13). The van der Waals surface area contributed by atoms with E-state index >= 15 is 0 Å². The van der Waals surface area contributed by atoms with Crippen LogP contribution in [0.4, 0.5) is 0 Å². The molecule has 0 bridgehead atoms. The van der Waals surface area contributed by atoms with E-state index < -0.39 is 22.5 Å². The topological polar surface area (TPSA) is 108 Å². The summed E-state index contributed by atoms with van der Waals surface area (Å²) in [5.74, 6) is -0.291. The number of nitrogens with two attached hydrogens (primary N) is 1. The van der Waals surface area contributed by atoms with Gasteiger partial charge in [0, 0.05) is 0 Å². The number of nitrogens with one attached hydrogen (secondary N) is 1. The van der Waals surface area contributed by atoms with Gasteiger partial charge in [-0.3, -0.25) is 9.63 Å². The summed E-state index contributed by atoms with van der Waals surface area (Å²) in [6, 6.07) is 4.15. The summed E-state index contributed by atoms with van der Waals surface area (Å²) >= 11 is 3.16. The fourth-order valence-corrected chi connectivity index (χ4v) is 2.56. The molecule has 0 aliphatic rings. The Bertz CT molecular complexity index is 546. The third-order valence-corrected chi connectivity index (χ3v) is 3.65. The van der Waals surface area contributed by atoms with Crippen LogP contribution in [0.2, 0.25) is 0 Å². The molecule has 1 aromatic rings. The lowest BCUT2D eigenvalue weighted by molar-refractivity contribution is -0.123. The number of amides is 1. The van der Waals surface area contributed by atoms with Crippen LogP contribution in [0.5, 0.6) is 5.75 Å². The molecule has 1 amide bonds. The lowest BCUT2D eigenvalue weighted by Gasteiger charge is -2.08. The van der Waals surface area contributed by atoms with E-state index in [1.807, 2.05) is 0 Å². The summed E-state index contributed by atoms with van der Waals surface area (Å²) in [5.41, 5.74) is 4.80. The van der Waals surface area contributed by atoms with Gasteiger partial charge in [0.25, 0.3) is 10.0 Å². The van der Waals surface area contributed by atoms with Gasteiger partial charge in [0.1, 0.15) is 12.4 Å². The molecule has 9 heteroatoms. The number of ether oxygens (including phenoxy) is 1. The van der Waals surface area contributed by atoms with E-state index in [-0.39, 0.29) is 4.90 Å². The van der Waals surface area contributed by atoms with Crippen LogP contribution < -0.4 is 15.4 Å². The summed E-state index contributed by atoms with van der Waals surface area (Å²) in [6.45, 7) is -0.545. The maximum atomic E-state index is 11.7. The molecule has 7 nitrogen and oxygen atoms in total. The van der Waals surface area contributed by atoms with Crippen LogP contribution in [0.3, 0.4) is 0 Å². The lowest BCUT2D eigenvalue weighted by Crippen LogP contribution is -2.29. The van der Waals surface area contributed by atoms with Crippen molar-refractivity contribution in [2.24, 2.45) is 5.73 Å². The highest BCUT2D eigenvalue weighted by Gasteiger charge is 2.16. The first-order chi connectivity index (χ1) is 8.36. The molecule has 0 aromatic heterocycles. The van der Waals surface area contributed by atoms with Crippen molar-refractivity contribution in [3.05, 3.63) is 22.7 Å². The molecular weight excluding hydrogens is 328 g/mol. The second-order valence-electron chi connectivity index (χ2n) is 3.14. The normalized spacial score (nSPS) is 11.2. The van der Waals surface area contributed by atoms with Gasteiger partial charge in [-0.05, 0) is 34.1 Å². The van der Waals surface area contributed by atoms with Crippen molar-refractivity contribution in [1.29, 1.82) is 0 Å². The molecule has 1 rings (SSSR count). The SMILES string of the molecule is COc1ccc(S(=O)(=O)NOCC(N)=O)cc1Br. The van der Waals surface area contributed by atoms with Crippen LogP contribution in [0.1, 0.15) is 0 Å². The Morgan fingerprint density at radius 3 is 2.67 bits per heavy atom. The molecule has 18 heavy (non-hydrogen) atoms. The van der Waals surface area contributed by atoms with Gasteiger partial charge < -0.3 is 10.5 Å². The molecule has 0 saturated heterocycles. The summed E-state index contributed by atoms with van der Waals surface area (Å²) in [4.78, 5) is 16.6. The van der Waals surface area contributed by atoms with E-state index in [9.17, 15) is 13.2 Å². The minimum Gasteiger partial charge on any atom is -0.496 e. The molecule has 0 aliphatic carbocycles. The maximum Gasteiger partial charge on any atom is 0.262 e. The molecule has 3 N–H and O–H groups in total. The van der Waals surface area contributed by atoms with Gasteiger partial charge in [-0.25, -0.2) is 8.42 Å². The number of rotatable bonds is 6. The average Bonchev–Trinajstić information content (AvgIpc) is 2.28. The van der Waals surface area contributed by atoms with Crippen molar-refractivity contribution in [2.45, 2.75) is 4.90 Å². The molecule has 0 heterocycles. The van der Waals surface area contributed by atoms with E-state index in [0.29, 0.717) is 10.2 Å². The van der Waals surface area contributed by atoms with E-state index in [0.717, 1.165) is 0 Å². The van der Waals surface area contributed by atoms with E-state index in [1.54, 1.807) is 4.89 Å². The number of hydrogen-bond donors (Lipinski definition) is 2. The van der Waals surface area contributed by atoms with Gasteiger partial charge in [0.15, 0.2) is 0 Å². The van der Waals surface area contributed by atoms with Gasteiger partial charge in [0.2, 0.25) is 5.91 Å². The van der Waals surface area contributed by atoms with Gasteiger partial charge in [-0.1, -0.05) is 4.89 Å². The predicted octanol–water partition coefficient (Wildman–Crippen LogP) is 0.153. The number of carbonyl (C=O) groups excluding carboxylic acids is 1. The monoisotopic (exact) mass is 338 g/mol. The average molecular weight is 339 g/mol. The van der Waals surface area contributed by atoms with Crippen LogP contribution in [0.15, 0.2) is 27.6 Å². The number of halogens is 1. The van der Waals surface area contributed by atoms with Gasteiger partial charge in [-0.15, -0.1) is 0 Å². The second kappa shape index (κ2) is 6.14. The maximum absolute atomic E-state index is 11.7. The third-order valence-electron chi connectivity index (χ3n) is 1.82. The van der Waals surface area contributed by atoms with Crippen LogP contribution in [-0.4, -0.2) is 28.0 Å². The van der Waals surface area contributed by atoms with Crippen LogP contribution in [0, 0.1) is 0 Å². The Morgan fingerprint density at radius 2 is 2.17 bits per heavy atom. The molecule has 0 saturated carbocycles. The number of benzene rings is 1. The molecule has 0 spiro atoms. The van der Waals surface area contributed by atoms with Crippen molar-refractivity contribution < 1.29 is 22.8 Å². The first-order valence-corrected chi connectivity index (χ1v) is 6.90. The highest BCUT2D eigenvalue weighted by molar-refractivity contribution is 9.10. The first kappa shape index (κ1) is 14.9. The fourth-order valence-electron chi connectivity index (χ4n) is 1.04. The van der Waals surface area contributed by atoms with Crippen molar-refractivity contribution in [3.63, 3.8) is 0 Å². The first-order valence-electron chi connectivity index (χ1n) is 4.62. The number of carbonyl (C=O) groups is 1. The van der Waals surface area contributed by atoms with Gasteiger partial charge >= 0.3 is 0 Å². The fraction of sp³-hybridized carbons (Fsp3) is 0.222. The highest BCUT2D eigenvalue weighted by atomic mass is 79.9. The van der Waals surface area contributed by atoms with Crippen molar-refractivity contribution in [1.82, 2.24) is 4.89 Å². The second-order valence-corrected chi connectivity index (χ2v) is 5.64. The summed E-state index contributed by atoms with van der Waals surface area (Å²) in [6.07, 6.45) is 0. The third kappa shape index (κ3) is 3.95. The molecule has 100 valence electrons. The molecular formula is C9H11BrN2O5S. The van der Waals surface area contributed by atoms with Crippen LogP contribution >= 0.6 is 15.9 Å². The molecule has 0 fully saturated rings. The molecule has 0 radical (unpaired) electrons. The lowest BCUT2D eigenvalue weighted by atomic mass is 10.3. The zero-order valence-corrected chi connectivity index (χ0v) is 11.7. The Kier molecular flexibility index (Phi) is 5.08. The number of methoxy groups -OCH3 is 1. The quantitative estimate of drug-likeness (QED) is 0.718. The van der Waals surface area contributed by atoms with E-state index in [4.69, 9.17) is 10.5 Å². The van der Waals surface area contributed by atoms with Crippen molar-refractivity contribution in [2.75, 3.05) is 13.7 Å².